The number of anilines is 1. The minimum atomic E-state index is -0.772. The Morgan fingerprint density at radius 1 is 1.23 bits per heavy atom. The van der Waals surface area contributed by atoms with Gasteiger partial charge in [-0.05, 0) is 20.8 Å². The maximum atomic E-state index is 11.8. The van der Waals surface area contributed by atoms with E-state index in [1.807, 2.05) is 0 Å². The second kappa shape index (κ2) is 8.60. The normalized spacial score (nSPS) is 9.64. The van der Waals surface area contributed by atoms with Crippen LogP contribution in [-0.4, -0.2) is 42.2 Å². The average Bonchev–Trinajstić information content (AvgIpc) is 2.48. The smallest absolute Gasteiger partial charge is 0.347 e. The topological polar surface area (TPSA) is 99.6 Å². The predicted molar refractivity (Wildman–Crippen MR) is 78.3 cm³/mol. The van der Waals surface area contributed by atoms with Crippen molar-refractivity contribution in [2.75, 3.05) is 25.6 Å². The Morgan fingerprint density at radius 2 is 1.82 bits per heavy atom. The van der Waals surface area contributed by atoms with E-state index in [0.717, 1.165) is 0 Å². The summed E-state index contributed by atoms with van der Waals surface area (Å²) in [6, 6.07) is 0. The molecular formula is C14H19N3O5. The highest BCUT2D eigenvalue weighted by molar-refractivity contribution is 6.14. The zero-order valence-electron chi connectivity index (χ0n) is 13.0. The van der Waals surface area contributed by atoms with Crippen LogP contribution in [0.4, 0.5) is 5.82 Å². The van der Waals surface area contributed by atoms with Crippen molar-refractivity contribution in [3.8, 4) is 5.88 Å². The molecule has 0 saturated heterocycles. The molecule has 0 bridgehead atoms. The van der Waals surface area contributed by atoms with Crippen LogP contribution in [0.5, 0.6) is 5.88 Å². The summed E-state index contributed by atoms with van der Waals surface area (Å²) in [6.07, 6.45) is 2.60. The van der Waals surface area contributed by atoms with E-state index in [2.05, 4.69) is 15.3 Å². The molecule has 1 heterocycles. The number of rotatable bonds is 7. The second-order valence-electron chi connectivity index (χ2n) is 3.99. The van der Waals surface area contributed by atoms with Crippen molar-refractivity contribution in [1.82, 2.24) is 9.97 Å². The standard InChI is InChI=1S/C14H19N3O5/c1-5-21-13(18)10(14(19)22-6-2)7-15-11-8-16-12(20-4)9(3)17-11/h7-8H,5-6H2,1-4H3,(H,15,17). The van der Waals surface area contributed by atoms with Crippen LogP contribution < -0.4 is 10.1 Å². The van der Waals surface area contributed by atoms with Gasteiger partial charge in [0.25, 0.3) is 0 Å². The lowest BCUT2D eigenvalue weighted by Crippen LogP contribution is -2.19. The molecule has 1 N–H and O–H groups in total. The van der Waals surface area contributed by atoms with E-state index in [9.17, 15) is 9.59 Å². The Morgan fingerprint density at radius 3 is 2.27 bits per heavy atom. The first-order valence-corrected chi connectivity index (χ1v) is 6.72. The van der Waals surface area contributed by atoms with Crippen molar-refractivity contribution >= 4 is 17.8 Å². The fourth-order valence-corrected chi connectivity index (χ4v) is 1.51. The van der Waals surface area contributed by atoms with Crippen LogP contribution in [0.1, 0.15) is 19.5 Å². The first kappa shape index (κ1) is 17.4. The summed E-state index contributed by atoms with van der Waals surface area (Å²) in [4.78, 5) is 31.7. The summed E-state index contributed by atoms with van der Waals surface area (Å²) in [7, 11) is 1.49. The third kappa shape index (κ3) is 4.72. The van der Waals surface area contributed by atoms with Crippen molar-refractivity contribution in [3.05, 3.63) is 23.7 Å². The molecule has 8 heteroatoms. The quantitative estimate of drug-likeness (QED) is 0.347. The molecule has 0 amide bonds. The van der Waals surface area contributed by atoms with Crippen molar-refractivity contribution in [2.45, 2.75) is 20.8 Å². The van der Waals surface area contributed by atoms with Crippen LogP contribution in [-0.2, 0) is 19.1 Å². The van der Waals surface area contributed by atoms with Gasteiger partial charge in [0, 0.05) is 6.20 Å². The van der Waals surface area contributed by atoms with Gasteiger partial charge in [-0.15, -0.1) is 0 Å². The first-order chi connectivity index (χ1) is 10.5. The number of hydrogen-bond acceptors (Lipinski definition) is 8. The van der Waals surface area contributed by atoms with Crippen LogP contribution in [0.15, 0.2) is 18.0 Å². The molecule has 0 unspecified atom stereocenters. The Balaban J connectivity index is 2.94. The Kier molecular flexibility index (Phi) is 6.81. The van der Waals surface area contributed by atoms with Gasteiger partial charge in [-0.25, -0.2) is 19.6 Å². The largest absolute Gasteiger partial charge is 0.480 e. The van der Waals surface area contributed by atoms with Crippen molar-refractivity contribution < 1.29 is 23.8 Å². The van der Waals surface area contributed by atoms with E-state index in [0.29, 0.717) is 17.4 Å². The molecule has 1 aromatic rings. The highest BCUT2D eigenvalue weighted by Crippen LogP contribution is 2.13. The maximum Gasteiger partial charge on any atom is 0.347 e. The highest BCUT2D eigenvalue weighted by Gasteiger charge is 2.21. The van der Waals surface area contributed by atoms with Crippen LogP contribution >= 0.6 is 0 Å². The van der Waals surface area contributed by atoms with Crippen molar-refractivity contribution in [1.29, 1.82) is 0 Å². The summed E-state index contributed by atoms with van der Waals surface area (Å²) in [5.74, 6) is -0.798. The van der Waals surface area contributed by atoms with E-state index in [1.165, 1.54) is 19.5 Å². The van der Waals surface area contributed by atoms with Crippen LogP contribution in [0.25, 0.3) is 0 Å². The molecular weight excluding hydrogens is 290 g/mol. The summed E-state index contributed by atoms with van der Waals surface area (Å²) >= 11 is 0. The summed E-state index contributed by atoms with van der Waals surface area (Å²) < 4.78 is 14.6. The Hall–Kier alpha value is -2.64. The number of carbonyl (C=O) groups excluding carboxylic acids is 2. The minimum Gasteiger partial charge on any atom is -0.480 e. The highest BCUT2D eigenvalue weighted by atomic mass is 16.6. The van der Waals surface area contributed by atoms with Gasteiger partial charge in [0.15, 0.2) is 5.57 Å². The molecule has 0 spiro atoms. The van der Waals surface area contributed by atoms with E-state index in [-0.39, 0.29) is 18.8 Å². The zero-order valence-corrected chi connectivity index (χ0v) is 13.0. The van der Waals surface area contributed by atoms with Crippen LogP contribution in [0.2, 0.25) is 0 Å². The summed E-state index contributed by atoms with van der Waals surface area (Å²) in [5.41, 5.74) is 0.314. The Bertz CT molecular complexity index is 552. The van der Waals surface area contributed by atoms with Gasteiger partial charge >= 0.3 is 11.9 Å². The number of ether oxygens (including phenoxy) is 3. The van der Waals surface area contributed by atoms with E-state index < -0.39 is 11.9 Å². The molecule has 0 aromatic carbocycles. The molecule has 0 radical (unpaired) electrons. The molecule has 1 rings (SSSR count). The number of carbonyl (C=O) groups is 2. The average molecular weight is 309 g/mol. The van der Waals surface area contributed by atoms with Gasteiger partial charge in [0.05, 0.1) is 26.5 Å². The second-order valence-corrected chi connectivity index (χ2v) is 3.99. The van der Waals surface area contributed by atoms with E-state index in [4.69, 9.17) is 14.2 Å². The van der Waals surface area contributed by atoms with Crippen molar-refractivity contribution in [3.63, 3.8) is 0 Å². The third-order valence-electron chi connectivity index (χ3n) is 2.45. The zero-order chi connectivity index (χ0) is 16.5. The summed E-state index contributed by atoms with van der Waals surface area (Å²) in [5, 5.41) is 2.72. The van der Waals surface area contributed by atoms with E-state index >= 15 is 0 Å². The fraction of sp³-hybridized carbons (Fsp3) is 0.429. The molecule has 0 fully saturated rings. The number of hydrogen-bond donors (Lipinski definition) is 1. The monoisotopic (exact) mass is 309 g/mol. The molecule has 0 aliphatic carbocycles. The van der Waals surface area contributed by atoms with Gasteiger partial charge < -0.3 is 19.5 Å². The molecule has 1 aromatic heterocycles. The Labute approximate surface area is 128 Å². The number of aryl methyl sites for hydroxylation is 1. The molecule has 0 saturated carbocycles. The molecule has 0 aliphatic rings. The SMILES string of the molecule is CCOC(=O)C(=CNc1cnc(OC)c(C)n1)C(=O)OCC. The molecule has 22 heavy (non-hydrogen) atoms. The van der Waals surface area contributed by atoms with Gasteiger partial charge in [-0.2, -0.15) is 0 Å². The summed E-state index contributed by atoms with van der Waals surface area (Å²) in [6.45, 7) is 5.31. The molecule has 0 atom stereocenters. The van der Waals surface area contributed by atoms with Crippen molar-refractivity contribution in [2.24, 2.45) is 0 Å². The van der Waals surface area contributed by atoms with E-state index in [1.54, 1.807) is 20.8 Å². The first-order valence-electron chi connectivity index (χ1n) is 6.72. The van der Waals surface area contributed by atoms with Gasteiger partial charge in [0.1, 0.15) is 11.5 Å². The lowest BCUT2D eigenvalue weighted by molar-refractivity contribution is -0.146. The van der Waals surface area contributed by atoms with Crippen LogP contribution in [0, 0.1) is 6.92 Å². The number of methoxy groups -OCH3 is 1. The van der Waals surface area contributed by atoms with Gasteiger partial charge in [0.2, 0.25) is 5.88 Å². The number of nitrogens with zero attached hydrogens (tertiary/aromatic N) is 2. The molecule has 8 nitrogen and oxygen atoms in total. The third-order valence-corrected chi connectivity index (χ3v) is 2.45. The van der Waals surface area contributed by atoms with Gasteiger partial charge in [-0.1, -0.05) is 0 Å². The number of esters is 2. The number of aromatic nitrogens is 2. The van der Waals surface area contributed by atoms with Crippen LogP contribution in [0.3, 0.4) is 0 Å². The predicted octanol–water partition coefficient (Wildman–Crippen LogP) is 1.22. The van der Waals surface area contributed by atoms with Gasteiger partial charge in [-0.3, -0.25) is 0 Å². The lowest BCUT2D eigenvalue weighted by atomic mass is 10.3. The minimum absolute atomic E-state index is 0.150. The molecule has 0 aliphatic heterocycles. The number of nitrogens with one attached hydrogen (secondary N) is 1. The lowest BCUT2D eigenvalue weighted by Gasteiger charge is -2.08. The molecule has 120 valence electrons. The fourth-order valence-electron chi connectivity index (χ4n) is 1.51. The maximum absolute atomic E-state index is 11.8.